The lowest BCUT2D eigenvalue weighted by atomic mass is 10.1. The van der Waals surface area contributed by atoms with E-state index in [0.717, 1.165) is 22.6 Å². The molecular formula is C29H28F3N7O2S. The number of aromatic nitrogens is 2. The molecule has 4 N–H and O–H groups in total. The van der Waals surface area contributed by atoms with E-state index in [0.29, 0.717) is 53.0 Å². The molecule has 4 bridgehead atoms. The van der Waals surface area contributed by atoms with Gasteiger partial charge in [-0.25, -0.2) is 18.8 Å². The predicted octanol–water partition coefficient (Wildman–Crippen LogP) is 7.19. The molecule has 9 nitrogen and oxygen atoms in total. The summed E-state index contributed by atoms with van der Waals surface area (Å²) < 4.78 is 60.5. The number of carbonyl (C=O) groups excluding carboxylic acids is 1. The van der Waals surface area contributed by atoms with Gasteiger partial charge in [-0.05, 0) is 66.9 Å². The second-order valence-corrected chi connectivity index (χ2v) is 12.0. The minimum atomic E-state index is -4.51. The Balaban J connectivity index is 1.34. The van der Waals surface area contributed by atoms with Gasteiger partial charge in [-0.2, -0.15) is 18.2 Å². The normalized spacial score (nSPS) is 17.0. The van der Waals surface area contributed by atoms with E-state index in [4.69, 9.17) is 4.78 Å². The quantitative estimate of drug-likeness (QED) is 0.199. The average Bonchev–Trinajstić information content (AvgIpc) is 2.97. The summed E-state index contributed by atoms with van der Waals surface area (Å²) in [6.45, 7) is 0.548. The first-order valence-corrected chi connectivity index (χ1v) is 14.8. The van der Waals surface area contributed by atoms with Crippen LogP contribution >= 0.6 is 0 Å². The van der Waals surface area contributed by atoms with Crippen LogP contribution in [0.5, 0.6) is 0 Å². The monoisotopic (exact) mass is 595 g/mol. The number of urea groups is 1. The third kappa shape index (κ3) is 6.62. The predicted molar refractivity (Wildman–Crippen MR) is 158 cm³/mol. The summed E-state index contributed by atoms with van der Waals surface area (Å²) >= 11 is 0. The van der Waals surface area contributed by atoms with Crippen molar-refractivity contribution >= 4 is 44.6 Å². The highest BCUT2D eigenvalue weighted by Crippen LogP contribution is 2.32. The van der Waals surface area contributed by atoms with E-state index >= 15 is 0 Å². The maximum Gasteiger partial charge on any atom is 0.416 e. The second-order valence-electron chi connectivity index (χ2n) is 9.74. The molecule has 1 aliphatic rings. The first-order chi connectivity index (χ1) is 20.0. The zero-order valence-corrected chi connectivity index (χ0v) is 23.4. The number of alkyl halides is 3. The molecule has 1 aromatic heterocycles. The zero-order chi connectivity index (χ0) is 29.9. The first kappa shape index (κ1) is 28.9. The SMILES string of the molecule is CN(C(=O)Nc1ccc(-c2cnc3nc2NCCCCS(=N)(=O)c2cccc(c2)N3)cc1)c1cccc(C(F)(F)F)c1. The molecule has 1 aliphatic heterocycles. The van der Waals surface area contributed by atoms with Crippen molar-refractivity contribution in [1.82, 2.24) is 9.97 Å². The molecule has 0 spiro atoms. The molecule has 2 amide bonds. The highest BCUT2D eigenvalue weighted by Gasteiger charge is 2.31. The number of hydrogen-bond acceptors (Lipinski definition) is 7. The second kappa shape index (κ2) is 11.7. The van der Waals surface area contributed by atoms with E-state index in [9.17, 15) is 22.2 Å². The van der Waals surface area contributed by atoms with E-state index in [1.807, 2.05) is 0 Å². The molecule has 42 heavy (non-hydrogen) atoms. The van der Waals surface area contributed by atoms with Crippen LogP contribution in [0, 0.1) is 4.78 Å². The minimum absolute atomic E-state index is 0.104. The van der Waals surface area contributed by atoms with Gasteiger partial charge in [0.1, 0.15) is 5.82 Å². The number of carbonyl (C=O) groups is 1. The van der Waals surface area contributed by atoms with Crippen LogP contribution in [0.1, 0.15) is 18.4 Å². The lowest BCUT2D eigenvalue weighted by molar-refractivity contribution is -0.137. The number of nitrogens with one attached hydrogen (secondary N) is 4. The van der Waals surface area contributed by atoms with Crippen molar-refractivity contribution in [3.8, 4) is 11.1 Å². The Kier molecular flexibility index (Phi) is 8.03. The van der Waals surface area contributed by atoms with Gasteiger partial charge in [0.05, 0.1) is 15.3 Å². The molecule has 4 aromatic rings. The van der Waals surface area contributed by atoms with Crippen LogP contribution < -0.4 is 20.9 Å². The first-order valence-electron chi connectivity index (χ1n) is 13.1. The fraction of sp³-hybridized carbons (Fsp3) is 0.207. The van der Waals surface area contributed by atoms with Gasteiger partial charge in [0.25, 0.3) is 0 Å². The van der Waals surface area contributed by atoms with Crippen molar-refractivity contribution in [2.75, 3.05) is 40.2 Å². The lowest BCUT2D eigenvalue weighted by Crippen LogP contribution is -2.31. The van der Waals surface area contributed by atoms with E-state index in [2.05, 4.69) is 25.9 Å². The molecule has 1 unspecified atom stereocenters. The van der Waals surface area contributed by atoms with Crippen LogP contribution in [0.4, 0.5) is 46.8 Å². The fourth-order valence-electron chi connectivity index (χ4n) is 4.40. The molecule has 5 rings (SSSR count). The van der Waals surface area contributed by atoms with Gasteiger partial charge in [0, 0.05) is 53.1 Å². The molecule has 1 atom stereocenters. The van der Waals surface area contributed by atoms with Gasteiger partial charge in [-0.1, -0.05) is 24.3 Å². The van der Waals surface area contributed by atoms with Gasteiger partial charge in [-0.3, -0.25) is 4.90 Å². The van der Waals surface area contributed by atoms with Crippen molar-refractivity contribution < 1.29 is 22.2 Å². The van der Waals surface area contributed by atoms with Crippen molar-refractivity contribution in [3.63, 3.8) is 0 Å². The summed E-state index contributed by atoms with van der Waals surface area (Å²) in [7, 11) is -1.52. The number of fused-ring (bicyclic) bond motifs is 4. The summed E-state index contributed by atoms with van der Waals surface area (Å²) in [6.07, 6.45) is -1.56. The highest BCUT2D eigenvalue weighted by atomic mass is 32.2. The third-order valence-corrected chi connectivity index (χ3v) is 8.60. The Morgan fingerprint density at radius 1 is 1.05 bits per heavy atom. The molecule has 13 heteroatoms. The zero-order valence-electron chi connectivity index (χ0n) is 22.5. The van der Waals surface area contributed by atoms with Crippen LogP contribution in [0.2, 0.25) is 0 Å². The minimum Gasteiger partial charge on any atom is -0.369 e. The maximum absolute atomic E-state index is 13.1. The van der Waals surface area contributed by atoms with E-state index in [1.54, 1.807) is 54.7 Å². The van der Waals surface area contributed by atoms with Crippen LogP contribution in [0.15, 0.2) is 83.9 Å². The Bertz CT molecular complexity index is 1710. The summed E-state index contributed by atoms with van der Waals surface area (Å²) in [5.74, 6) is 1.16. The van der Waals surface area contributed by atoms with Crippen LogP contribution in [0.25, 0.3) is 11.1 Å². The van der Waals surface area contributed by atoms with Gasteiger partial charge in [-0.15, -0.1) is 0 Å². The Hall–Kier alpha value is -4.65. The molecule has 0 saturated carbocycles. The van der Waals surface area contributed by atoms with Crippen molar-refractivity contribution in [2.24, 2.45) is 0 Å². The number of rotatable bonds is 3. The maximum atomic E-state index is 13.1. The summed E-state index contributed by atoms with van der Waals surface area (Å²) in [6, 6.07) is 17.8. The van der Waals surface area contributed by atoms with Gasteiger partial charge < -0.3 is 16.0 Å². The largest absolute Gasteiger partial charge is 0.416 e. The topological polar surface area (TPSA) is 123 Å². The third-order valence-electron chi connectivity index (χ3n) is 6.72. The van der Waals surface area contributed by atoms with E-state index in [-0.39, 0.29) is 11.4 Å². The molecule has 0 aliphatic carbocycles. The summed E-state index contributed by atoms with van der Waals surface area (Å²) in [4.78, 5) is 23.4. The molecule has 3 aromatic carbocycles. The Morgan fingerprint density at radius 3 is 2.57 bits per heavy atom. The number of anilines is 5. The molecular weight excluding hydrogens is 567 g/mol. The number of amides is 2. The number of benzene rings is 3. The smallest absolute Gasteiger partial charge is 0.369 e. The van der Waals surface area contributed by atoms with Crippen molar-refractivity contribution in [1.29, 1.82) is 4.78 Å². The molecule has 0 radical (unpaired) electrons. The van der Waals surface area contributed by atoms with Crippen LogP contribution in [0.3, 0.4) is 0 Å². The lowest BCUT2D eigenvalue weighted by Gasteiger charge is -2.19. The molecule has 218 valence electrons. The average molecular weight is 596 g/mol. The molecule has 0 fully saturated rings. The Morgan fingerprint density at radius 2 is 1.81 bits per heavy atom. The van der Waals surface area contributed by atoms with E-state index in [1.165, 1.54) is 19.2 Å². The summed E-state index contributed by atoms with van der Waals surface area (Å²) in [5.41, 5.74) is 1.83. The number of halogens is 3. The van der Waals surface area contributed by atoms with Gasteiger partial charge in [0.15, 0.2) is 0 Å². The van der Waals surface area contributed by atoms with Gasteiger partial charge in [0.2, 0.25) is 5.95 Å². The highest BCUT2D eigenvalue weighted by molar-refractivity contribution is 7.92. The fourth-order valence-corrected chi connectivity index (χ4v) is 5.86. The van der Waals surface area contributed by atoms with Crippen LogP contribution in [-0.4, -0.2) is 39.6 Å². The number of hydrogen-bond donors (Lipinski definition) is 4. The standard InChI is InChI=1S/C29H28F3N7O2S/c1-39(23-8-4-6-20(16-23)29(30,31)32)28(40)37-21-12-10-19(11-13-21)25-18-35-27-36-22-7-5-9-24(17-22)42(33,41)15-3-2-14-34-26(25)38-27/h4-13,16-18,33H,2-3,14-15H2,1H3,(H,37,40)(H2,34,35,36,38). The molecule has 0 saturated heterocycles. The van der Waals surface area contributed by atoms with Crippen molar-refractivity contribution in [3.05, 3.63) is 84.6 Å². The summed E-state index contributed by atoms with van der Waals surface area (Å²) in [5, 5.41) is 9.14. The van der Waals surface area contributed by atoms with E-state index < -0.39 is 27.5 Å². The van der Waals surface area contributed by atoms with Gasteiger partial charge >= 0.3 is 12.2 Å². The van der Waals surface area contributed by atoms with Crippen LogP contribution in [-0.2, 0) is 15.9 Å². The Labute approximate surface area is 241 Å². The number of nitrogens with zero attached hydrogens (tertiary/aromatic N) is 3. The van der Waals surface area contributed by atoms with Crippen molar-refractivity contribution in [2.45, 2.75) is 23.9 Å². The molecule has 2 heterocycles.